The van der Waals surface area contributed by atoms with Crippen molar-refractivity contribution in [1.29, 1.82) is 0 Å². The summed E-state index contributed by atoms with van der Waals surface area (Å²) in [7, 11) is -2.57. The summed E-state index contributed by atoms with van der Waals surface area (Å²) < 4.78 is 28.9. The molecule has 2 aromatic heterocycles. The first-order chi connectivity index (χ1) is 30.0. The minimum Gasteiger partial charge on any atom is -0.444 e. The summed E-state index contributed by atoms with van der Waals surface area (Å²) in [5.41, 5.74) is 5.00. The molecule has 0 unspecified atom stereocenters. The van der Waals surface area contributed by atoms with Crippen LogP contribution in [0.25, 0.3) is 22.1 Å². The van der Waals surface area contributed by atoms with Crippen LogP contribution in [0.3, 0.4) is 0 Å². The molecule has 64 heavy (non-hydrogen) atoms. The van der Waals surface area contributed by atoms with Crippen molar-refractivity contribution >= 4 is 61.8 Å². The Kier molecular flexibility index (Phi) is 14.2. The Bertz CT molecular complexity index is 2100. The molecule has 2 aromatic carbocycles. The normalized spacial score (nSPS) is 19.1. The highest BCUT2D eigenvalue weighted by Gasteiger charge is 2.38. The molecule has 0 N–H and O–H groups in total. The zero-order valence-corrected chi connectivity index (χ0v) is 43.0. The number of likely N-dealkylation sites (tertiary alicyclic amines) is 2. The SMILES string of the molecule is CC(C)(C)OC(=O)N1CCC[C@H]1c1nc2ccc(N3CCN(c4ccc5nc([C@@H]6CCCN6C(=O)OC(C)(C)C)n(COCC[Si](C)(C)C)c5c4)CC3)cc2n1COCC[Si](C)(C)C. The highest BCUT2D eigenvalue weighted by molar-refractivity contribution is 6.76. The van der Waals surface area contributed by atoms with Crippen LogP contribution in [0.2, 0.25) is 51.4 Å². The lowest BCUT2D eigenvalue weighted by Gasteiger charge is -2.37. The van der Waals surface area contributed by atoms with Gasteiger partial charge in [-0.25, -0.2) is 19.6 Å². The van der Waals surface area contributed by atoms with Crippen LogP contribution in [0, 0.1) is 0 Å². The molecule has 0 spiro atoms. The van der Waals surface area contributed by atoms with E-state index < -0.39 is 27.3 Å². The van der Waals surface area contributed by atoms with Crippen molar-refractivity contribution in [3.63, 3.8) is 0 Å². The molecule has 4 aromatic rings. The van der Waals surface area contributed by atoms with Crippen molar-refractivity contribution in [2.24, 2.45) is 0 Å². The summed E-state index contributed by atoms with van der Waals surface area (Å²) in [4.78, 5) is 45.8. The number of anilines is 2. The monoisotopic (exact) mass is 917 g/mol. The van der Waals surface area contributed by atoms with Crippen LogP contribution in [0.5, 0.6) is 0 Å². The number of carbonyl (C=O) groups is 2. The van der Waals surface area contributed by atoms with Gasteiger partial charge in [0.2, 0.25) is 0 Å². The number of ether oxygens (including phenoxy) is 4. The number of fused-ring (bicyclic) bond motifs is 2. The Balaban J connectivity index is 1.12. The van der Waals surface area contributed by atoms with E-state index in [1.165, 1.54) is 0 Å². The average molecular weight is 917 g/mol. The van der Waals surface area contributed by atoms with E-state index in [4.69, 9.17) is 28.9 Å². The van der Waals surface area contributed by atoms with Crippen LogP contribution in [-0.4, -0.2) is 121 Å². The number of carbonyl (C=O) groups excluding carboxylic acids is 2. The van der Waals surface area contributed by atoms with Crippen LogP contribution in [-0.2, 0) is 32.4 Å². The highest BCUT2D eigenvalue weighted by Crippen LogP contribution is 2.38. The van der Waals surface area contributed by atoms with Gasteiger partial charge in [-0.15, -0.1) is 0 Å². The molecule has 0 bridgehead atoms. The van der Waals surface area contributed by atoms with Gasteiger partial charge in [0.25, 0.3) is 0 Å². The number of hydrogen-bond acceptors (Lipinski definition) is 10. The van der Waals surface area contributed by atoms with Gasteiger partial charge >= 0.3 is 12.2 Å². The third-order valence-corrected chi connectivity index (χ3v) is 15.7. The van der Waals surface area contributed by atoms with E-state index in [1.54, 1.807) is 0 Å². The number of rotatable bonds is 14. The first kappa shape index (κ1) is 47.8. The third kappa shape index (κ3) is 11.8. The van der Waals surface area contributed by atoms with E-state index in [0.29, 0.717) is 39.8 Å². The molecule has 352 valence electrons. The molecule has 0 radical (unpaired) electrons. The molecule has 2 atom stereocenters. The zero-order chi connectivity index (χ0) is 46.2. The van der Waals surface area contributed by atoms with Gasteiger partial charge in [0, 0.05) is 80.0 Å². The van der Waals surface area contributed by atoms with Crippen LogP contribution >= 0.6 is 0 Å². The second-order valence-electron chi connectivity index (χ2n) is 22.5. The quantitative estimate of drug-likeness (QED) is 0.0893. The predicted molar refractivity (Wildman–Crippen MR) is 262 cm³/mol. The van der Waals surface area contributed by atoms with Crippen LogP contribution < -0.4 is 9.80 Å². The predicted octanol–water partition coefficient (Wildman–Crippen LogP) is 10.5. The van der Waals surface area contributed by atoms with Crippen LogP contribution in [0.15, 0.2) is 36.4 Å². The summed E-state index contributed by atoms with van der Waals surface area (Å²) in [6, 6.07) is 14.9. The Morgan fingerprint density at radius 2 is 0.969 bits per heavy atom. The van der Waals surface area contributed by atoms with Gasteiger partial charge in [-0.2, -0.15) is 0 Å². The molecule has 0 saturated carbocycles. The first-order valence-electron chi connectivity index (χ1n) is 23.7. The van der Waals surface area contributed by atoms with Gasteiger partial charge in [0.05, 0.1) is 34.2 Å². The molecule has 0 aliphatic carbocycles. The molecule has 2 amide bonds. The van der Waals surface area contributed by atoms with E-state index in [1.807, 2.05) is 51.3 Å². The van der Waals surface area contributed by atoms with Gasteiger partial charge < -0.3 is 37.9 Å². The number of amides is 2. The van der Waals surface area contributed by atoms with Crippen molar-refractivity contribution in [1.82, 2.24) is 28.9 Å². The lowest BCUT2D eigenvalue weighted by Crippen LogP contribution is -2.46. The van der Waals surface area contributed by atoms with Crippen molar-refractivity contribution in [3.8, 4) is 0 Å². The Hall–Kier alpha value is -4.13. The number of nitrogens with zero attached hydrogens (tertiary/aromatic N) is 8. The lowest BCUT2D eigenvalue weighted by molar-refractivity contribution is 0.0196. The molecule has 7 rings (SSSR count). The van der Waals surface area contributed by atoms with Gasteiger partial charge in [-0.1, -0.05) is 39.3 Å². The fourth-order valence-corrected chi connectivity index (χ4v) is 10.4. The summed E-state index contributed by atoms with van der Waals surface area (Å²) in [6.07, 6.45) is 2.87. The highest BCUT2D eigenvalue weighted by atomic mass is 28.3. The lowest BCUT2D eigenvalue weighted by atomic mass is 10.2. The summed E-state index contributed by atoms with van der Waals surface area (Å²) >= 11 is 0. The van der Waals surface area contributed by atoms with Crippen molar-refractivity contribution < 1.29 is 28.5 Å². The summed E-state index contributed by atoms with van der Waals surface area (Å²) in [6.45, 7) is 32.5. The molecule has 5 heterocycles. The Morgan fingerprint density at radius 3 is 1.31 bits per heavy atom. The van der Waals surface area contributed by atoms with E-state index >= 15 is 0 Å². The molecule has 3 fully saturated rings. The molecule has 3 saturated heterocycles. The maximum atomic E-state index is 13.4. The second-order valence-corrected chi connectivity index (χ2v) is 33.7. The van der Waals surface area contributed by atoms with Crippen molar-refractivity contribution in [2.45, 2.75) is 155 Å². The van der Waals surface area contributed by atoms with E-state index in [-0.39, 0.29) is 24.3 Å². The van der Waals surface area contributed by atoms with E-state index in [9.17, 15) is 9.59 Å². The number of benzene rings is 2. The molecular weight excluding hydrogens is 841 g/mol. The first-order valence-corrected chi connectivity index (χ1v) is 31.1. The van der Waals surface area contributed by atoms with E-state index in [0.717, 1.165) is 109 Å². The molecule has 3 aliphatic rings. The number of hydrogen-bond donors (Lipinski definition) is 0. The fourth-order valence-electron chi connectivity index (χ4n) is 8.87. The van der Waals surface area contributed by atoms with Crippen LogP contribution in [0.1, 0.15) is 91.0 Å². The number of piperazine rings is 1. The standard InChI is InChI=1S/C48H76N8O6Si2/c1-47(2,3)61-45(57)53-21-13-15-39(53)43-49-37-19-17-35(31-41(37)55(43)33-59-27-29-63(7,8)9)51-23-25-52(26-24-51)36-18-20-38-42(32-36)56(34-60-28-30-64(10,11)12)44(50-38)40-16-14-22-54(40)46(58)62-48(4,5)6/h17-20,31-32,39-40H,13-16,21-30,33-34H2,1-12H3/t39-,40-/m0/s1. The smallest absolute Gasteiger partial charge is 0.410 e. The Labute approximate surface area is 383 Å². The van der Waals surface area contributed by atoms with Crippen molar-refractivity contribution in [3.05, 3.63) is 48.0 Å². The summed E-state index contributed by atoms with van der Waals surface area (Å²) in [5, 5.41) is 0. The molecule has 3 aliphatic heterocycles. The molecule has 16 heteroatoms. The van der Waals surface area contributed by atoms with Gasteiger partial charge in [0.15, 0.2) is 0 Å². The second kappa shape index (κ2) is 19.0. The topological polar surface area (TPSA) is 120 Å². The van der Waals surface area contributed by atoms with Gasteiger partial charge in [-0.3, -0.25) is 9.80 Å². The zero-order valence-electron chi connectivity index (χ0n) is 41.0. The van der Waals surface area contributed by atoms with Gasteiger partial charge in [0.1, 0.15) is 36.3 Å². The molecule has 14 nitrogen and oxygen atoms in total. The van der Waals surface area contributed by atoms with Gasteiger partial charge in [-0.05, 0) is 116 Å². The maximum absolute atomic E-state index is 13.4. The van der Waals surface area contributed by atoms with Crippen molar-refractivity contribution in [2.75, 3.05) is 62.3 Å². The van der Waals surface area contributed by atoms with Crippen LogP contribution in [0.4, 0.5) is 21.0 Å². The Morgan fingerprint density at radius 1 is 0.594 bits per heavy atom. The fraction of sp³-hybridized carbons (Fsp3) is 0.667. The van der Waals surface area contributed by atoms with E-state index in [2.05, 4.69) is 94.6 Å². The minimum atomic E-state index is -1.29. The maximum Gasteiger partial charge on any atom is 0.410 e. The summed E-state index contributed by atoms with van der Waals surface area (Å²) in [5.74, 6) is 1.72. The third-order valence-electron chi connectivity index (χ3n) is 12.3. The average Bonchev–Trinajstić information content (AvgIpc) is 4.01. The minimum absolute atomic E-state index is 0.182. The molecular formula is C48H76N8O6Si2. The number of imidazole rings is 2. The number of aromatic nitrogens is 4. The largest absolute Gasteiger partial charge is 0.444 e.